The highest BCUT2D eigenvalue weighted by molar-refractivity contribution is 4.79. The van der Waals surface area contributed by atoms with E-state index in [-0.39, 0.29) is 0 Å². The molecule has 0 aliphatic heterocycles. The lowest BCUT2D eigenvalue weighted by Gasteiger charge is -2.31. The van der Waals surface area contributed by atoms with Gasteiger partial charge in [-0.15, -0.1) is 0 Å². The third kappa shape index (κ3) is 6.75. The van der Waals surface area contributed by atoms with Crippen LogP contribution in [-0.4, -0.2) is 25.3 Å². The summed E-state index contributed by atoms with van der Waals surface area (Å²) >= 11 is 0. The molecule has 0 aromatic heterocycles. The predicted molar refractivity (Wildman–Crippen MR) is 79.0 cm³/mol. The van der Waals surface area contributed by atoms with Crippen LogP contribution < -0.4 is 5.32 Å². The van der Waals surface area contributed by atoms with E-state index in [0.717, 1.165) is 19.6 Å². The Hall–Kier alpha value is -0.0800. The lowest BCUT2D eigenvalue weighted by Crippen LogP contribution is -2.42. The Morgan fingerprint density at radius 3 is 2.33 bits per heavy atom. The van der Waals surface area contributed by atoms with Crippen molar-refractivity contribution in [3.63, 3.8) is 0 Å². The predicted octanol–water partition coefficient (Wildman–Crippen LogP) is 4.14. The molecule has 0 spiro atoms. The fourth-order valence-corrected chi connectivity index (χ4v) is 2.66. The van der Waals surface area contributed by atoms with E-state index in [9.17, 15) is 0 Å². The first-order valence-corrected chi connectivity index (χ1v) is 7.88. The molecule has 1 aliphatic rings. The second-order valence-corrected chi connectivity index (χ2v) is 6.88. The normalized spacial score (nSPS) is 26.7. The van der Waals surface area contributed by atoms with Crippen molar-refractivity contribution < 1.29 is 4.74 Å². The first kappa shape index (κ1) is 16.0. The molecule has 1 fully saturated rings. The monoisotopic (exact) mass is 255 g/mol. The van der Waals surface area contributed by atoms with Gasteiger partial charge in [-0.25, -0.2) is 0 Å². The molecule has 0 heterocycles. The summed E-state index contributed by atoms with van der Waals surface area (Å²) in [6, 6.07) is 0.579. The van der Waals surface area contributed by atoms with Crippen LogP contribution in [0.1, 0.15) is 72.6 Å². The standard InChI is InChI=1S/C16H33NO/c1-5-17-14-10-8-6-7-9-11-15(14)18-13-12-16(2,3)4/h14-15,17H,5-13H2,1-4H3. The van der Waals surface area contributed by atoms with Crippen LogP contribution in [0, 0.1) is 5.41 Å². The minimum atomic E-state index is 0.384. The summed E-state index contributed by atoms with van der Waals surface area (Å²) in [7, 11) is 0. The summed E-state index contributed by atoms with van der Waals surface area (Å²) in [6.07, 6.45) is 9.60. The quantitative estimate of drug-likeness (QED) is 0.797. The number of rotatable bonds is 5. The van der Waals surface area contributed by atoms with Crippen LogP contribution in [0.3, 0.4) is 0 Å². The van der Waals surface area contributed by atoms with Gasteiger partial charge in [0.05, 0.1) is 6.10 Å². The summed E-state index contributed by atoms with van der Waals surface area (Å²) < 4.78 is 6.20. The summed E-state index contributed by atoms with van der Waals surface area (Å²) in [5, 5.41) is 3.62. The van der Waals surface area contributed by atoms with Crippen molar-refractivity contribution >= 4 is 0 Å². The molecule has 0 aromatic carbocycles. The maximum absolute atomic E-state index is 6.20. The van der Waals surface area contributed by atoms with Gasteiger partial charge < -0.3 is 10.1 Å². The van der Waals surface area contributed by atoms with Crippen molar-refractivity contribution in [1.29, 1.82) is 0 Å². The van der Waals surface area contributed by atoms with E-state index < -0.39 is 0 Å². The van der Waals surface area contributed by atoms with E-state index in [0.29, 0.717) is 17.6 Å². The molecule has 1 N–H and O–H groups in total. The Bertz CT molecular complexity index is 210. The van der Waals surface area contributed by atoms with Gasteiger partial charge in [-0.3, -0.25) is 0 Å². The molecule has 0 radical (unpaired) electrons. The van der Waals surface area contributed by atoms with Crippen LogP contribution in [-0.2, 0) is 4.74 Å². The summed E-state index contributed by atoms with van der Waals surface area (Å²) in [5.41, 5.74) is 0.384. The number of ether oxygens (including phenoxy) is 1. The third-order valence-electron chi connectivity index (χ3n) is 3.85. The first-order valence-electron chi connectivity index (χ1n) is 7.88. The number of hydrogen-bond donors (Lipinski definition) is 1. The van der Waals surface area contributed by atoms with Gasteiger partial charge in [-0.1, -0.05) is 53.4 Å². The van der Waals surface area contributed by atoms with Gasteiger partial charge in [0.15, 0.2) is 0 Å². The molecule has 2 nitrogen and oxygen atoms in total. The van der Waals surface area contributed by atoms with Gasteiger partial charge >= 0.3 is 0 Å². The molecular weight excluding hydrogens is 222 g/mol. The van der Waals surface area contributed by atoms with Crippen molar-refractivity contribution in [2.75, 3.05) is 13.2 Å². The lowest BCUT2D eigenvalue weighted by molar-refractivity contribution is 0.00272. The first-order chi connectivity index (χ1) is 8.53. The molecule has 1 saturated carbocycles. The molecular formula is C16H33NO. The van der Waals surface area contributed by atoms with Crippen LogP contribution in [0.15, 0.2) is 0 Å². The van der Waals surface area contributed by atoms with Crippen LogP contribution in [0.5, 0.6) is 0 Å². The Balaban J connectivity index is 2.39. The van der Waals surface area contributed by atoms with E-state index in [1.54, 1.807) is 0 Å². The maximum Gasteiger partial charge on any atom is 0.0728 e. The molecule has 0 bridgehead atoms. The second-order valence-electron chi connectivity index (χ2n) is 6.88. The number of likely N-dealkylation sites (N-methyl/N-ethyl adjacent to an activating group) is 1. The zero-order valence-corrected chi connectivity index (χ0v) is 12.9. The second kappa shape index (κ2) is 8.16. The summed E-state index contributed by atoms with van der Waals surface area (Å²) in [6.45, 7) is 11.0. The van der Waals surface area contributed by atoms with Crippen LogP contribution >= 0.6 is 0 Å². The van der Waals surface area contributed by atoms with Gasteiger partial charge in [0.25, 0.3) is 0 Å². The Labute approximate surface area is 114 Å². The van der Waals surface area contributed by atoms with Gasteiger partial charge in [0, 0.05) is 12.6 Å². The van der Waals surface area contributed by atoms with Crippen molar-refractivity contribution in [1.82, 2.24) is 5.32 Å². The molecule has 2 heteroatoms. The largest absolute Gasteiger partial charge is 0.377 e. The van der Waals surface area contributed by atoms with Gasteiger partial charge in [0.2, 0.25) is 0 Å². The SMILES string of the molecule is CCNC1CCCCCCC1OCCC(C)(C)C. The van der Waals surface area contributed by atoms with E-state index in [1.807, 2.05) is 0 Å². The average Bonchev–Trinajstić information content (AvgIpc) is 2.25. The van der Waals surface area contributed by atoms with E-state index >= 15 is 0 Å². The lowest BCUT2D eigenvalue weighted by atomic mass is 9.92. The van der Waals surface area contributed by atoms with Crippen molar-refractivity contribution in [3.05, 3.63) is 0 Å². The van der Waals surface area contributed by atoms with E-state index in [2.05, 4.69) is 33.0 Å². The average molecular weight is 255 g/mol. The highest BCUT2D eigenvalue weighted by Crippen LogP contribution is 2.23. The van der Waals surface area contributed by atoms with Crippen LogP contribution in [0.4, 0.5) is 0 Å². The zero-order chi connectivity index (χ0) is 13.4. The van der Waals surface area contributed by atoms with Crippen molar-refractivity contribution in [3.8, 4) is 0 Å². The molecule has 0 saturated heterocycles. The van der Waals surface area contributed by atoms with Gasteiger partial charge in [-0.2, -0.15) is 0 Å². The van der Waals surface area contributed by atoms with Crippen LogP contribution in [0.2, 0.25) is 0 Å². The molecule has 18 heavy (non-hydrogen) atoms. The van der Waals surface area contributed by atoms with E-state index in [1.165, 1.54) is 38.5 Å². The molecule has 1 aliphatic carbocycles. The zero-order valence-electron chi connectivity index (χ0n) is 12.9. The summed E-state index contributed by atoms with van der Waals surface area (Å²) in [5.74, 6) is 0. The molecule has 0 aromatic rings. The molecule has 2 unspecified atom stereocenters. The highest BCUT2D eigenvalue weighted by atomic mass is 16.5. The number of hydrogen-bond acceptors (Lipinski definition) is 2. The van der Waals surface area contributed by atoms with Crippen molar-refractivity contribution in [2.24, 2.45) is 5.41 Å². The topological polar surface area (TPSA) is 21.3 Å². The van der Waals surface area contributed by atoms with E-state index in [4.69, 9.17) is 4.74 Å². The fourth-order valence-electron chi connectivity index (χ4n) is 2.66. The Morgan fingerprint density at radius 1 is 1.06 bits per heavy atom. The molecule has 108 valence electrons. The fraction of sp³-hybridized carbons (Fsp3) is 1.00. The van der Waals surface area contributed by atoms with Gasteiger partial charge in [-0.05, 0) is 31.2 Å². The van der Waals surface area contributed by atoms with Crippen LogP contribution in [0.25, 0.3) is 0 Å². The Morgan fingerprint density at radius 2 is 1.72 bits per heavy atom. The maximum atomic E-state index is 6.20. The highest BCUT2D eigenvalue weighted by Gasteiger charge is 2.23. The molecule has 1 rings (SSSR count). The molecule has 0 amide bonds. The third-order valence-corrected chi connectivity index (χ3v) is 3.85. The molecule has 2 atom stereocenters. The van der Waals surface area contributed by atoms with Gasteiger partial charge in [0.1, 0.15) is 0 Å². The number of nitrogens with one attached hydrogen (secondary N) is 1. The van der Waals surface area contributed by atoms with Crippen molar-refractivity contribution in [2.45, 2.75) is 84.8 Å². The smallest absolute Gasteiger partial charge is 0.0728 e. The Kier molecular flexibility index (Phi) is 7.25. The minimum absolute atomic E-state index is 0.384. The minimum Gasteiger partial charge on any atom is -0.377 e. The summed E-state index contributed by atoms with van der Waals surface area (Å²) in [4.78, 5) is 0.